The second kappa shape index (κ2) is 7.84. The summed E-state index contributed by atoms with van der Waals surface area (Å²) in [7, 11) is 0. The van der Waals surface area contributed by atoms with E-state index in [1.54, 1.807) is 24.3 Å². The minimum atomic E-state index is -0.957. The molecule has 0 aromatic heterocycles. The van der Waals surface area contributed by atoms with Gasteiger partial charge < -0.3 is 24.8 Å². The molecule has 136 valence electrons. The normalized spacial score (nSPS) is 20.1. The highest BCUT2D eigenvalue weighted by Crippen LogP contribution is 2.33. The van der Waals surface area contributed by atoms with Crippen LogP contribution in [0.15, 0.2) is 24.3 Å². The number of carboxylic acids is 1. The Morgan fingerprint density at radius 1 is 1.12 bits per heavy atom. The topological polar surface area (TPSA) is 88.1 Å². The number of hydrogen-bond acceptors (Lipinski definition) is 4. The first-order chi connectivity index (χ1) is 12.1. The van der Waals surface area contributed by atoms with Crippen LogP contribution in [0.1, 0.15) is 28.8 Å². The Morgan fingerprint density at radius 3 is 2.52 bits per heavy atom. The summed E-state index contributed by atoms with van der Waals surface area (Å²) in [6, 6.07) is 6.41. The molecule has 7 heteroatoms. The first kappa shape index (κ1) is 17.7. The molecule has 1 aromatic rings. The summed E-state index contributed by atoms with van der Waals surface area (Å²) in [5.41, 5.74) is 1.10. The van der Waals surface area contributed by atoms with Gasteiger partial charge in [-0.2, -0.15) is 0 Å². The van der Waals surface area contributed by atoms with Crippen molar-refractivity contribution in [2.75, 3.05) is 39.5 Å². The zero-order valence-electron chi connectivity index (χ0n) is 14.2. The highest BCUT2D eigenvalue weighted by atomic mass is 16.5. The van der Waals surface area contributed by atoms with Gasteiger partial charge in [-0.15, -0.1) is 0 Å². The van der Waals surface area contributed by atoms with Crippen molar-refractivity contribution in [2.45, 2.75) is 19.4 Å². The summed E-state index contributed by atoms with van der Waals surface area (Å²) in [5, 5.41) is 11.8. The summed E-state index contributed by atoms with van der Waals surface area (Å²) in [6.45, 7) is 4.28. The van der Waals surface area contributed by atoms with Gasteiger partial charge in [0.05, 0.1) is 18.8 Å². The lowest BCUT2D eigenvalue weighted by atomic mass is 9.80. The second-order valence-electron chi connectivity index (χ2n) is 6.75. The fraction of sp³-hybridized carbons (Fsp3) is 0.556. The van der Waals surface area contributed by atoms with Gasteiger partial charge in [0, 0.05) is 38.3 Å². The average Bonchev–Trinajstić information content (AvgIpc) is 2.83. The van der Waals surface area contributed by atoms with Crippen LogP contribution in [0.4, 0.5) is 4.79 Å². The molecule has 3 rings (SSSR count). The maximum atomic E-state index is 12.6. The molecule has 2 aliphatic heterocycles. The van der Waals surface area contributed by atoms with Crippen LogP contribution in [0.25, 0.3) is 0 Å². The van der Waals surface area contributed by atoms with Crippen molar-refractivity contribution in [1.82, 2.24) is 10.2 Å². The van der Waals surface area contributed by atoms with Crippen LogP contribution >= 0.6 is 0 Å². The van der Waals surface area contributed by atoms with Crippen LogP contribution in [0, 0.1) is 5.41 Å². The van der Waals surface area contributed by atoms with E-state index in [1.165, 1.54) is 0 Å². The molecular formula is C18H24N2O5. The van der Waals surface area contributed by atoms with Gasteiger partial charge in [-0.3, -0.25) is 0 Å². The molecule has 2 saturated heterocycles. The molecule has 2 N–H and O–H groups in total. The number of urea groups is 1. The number of carbonyl (C=O) groups excluding carboxylic acids is 1. The molecule has 2 fully saturated rings. The lowest BCUT2D eigenvalue weighted by molar-refractivity contribution is -0.0295. The van der Waals surface area contributed by atoms with E-state index in [9.17, 15) is 9.59 Å². The Kier molecular flexibility index (Phi) is 5.55. The van der Waals surface area contributed by atoms with Gasteiger partial charge in [0.25, 0.3) is 0 Å². The Bertz CT molecular complexity index is 610. The van der Waals surface area contributed by atoms with Crippen molar-refractivity contribution < 1.29 is 24.2 Å². The van der Waals surface area contributed by atoms with Crippen LogP contribution in [0.5, 0.6) is 0 Å². The maximum Gasteiger partial charge on any atom is 0.335 e. The first-order valence-corrected chi connectivity index (χ1v) is 8.59. The van der Waals surface area contributed by atoms with Crippen molar-refractivity contribution in [3.05, 3.63) is 35.4 Å². The Morgan fingerprint density at radius 2 is 1.84 bits per heavy atom. The summed E-state index contributed by atoms with van der Waals surface area (Å²) in [6.07, 6.45) is 1.82. The average molecular weight is 348 g/mol. The molecule has 0 saturated carbocycles. The number of benzene rings is 1. The van der Waals surface area contributed by atoms with Crippen molar-refractivity contribution in [3.63, 3.8) is 0 Å². The Balaban J connectivity index is 1.57. The summed E-state index contributed by atoms with van der Waals surface area (Å²) < 4.78 is 11.2. The SMILES string of the molecule is O=C(O)c1ccc(CNC(=O)N2CCOCC3(CCOCC3)C2)cc1. The molecule has 0 atom stereocenters. The number of nitrogens with zero attached hydrogens (tertiary/aromatic N) is 1. The number of nitrogens with one attached hydrogen (secondary N) is 1. The van der Waals surface area contributed by atoms with Gasteiger partial charge >= 0.3 is 12.0 Å². The van der Waals surface area contributed by atoms with Gasteiger partial charge in [0.2, 0.25) is 0 Å². The number of carboxylic acid groups (broad SMARTS) is 1. The van der Waals surface area contributed by atoms with Crippen LogP contribution in [-0.4, -0.2) is 61.5 Å². The third-order valence-corrected chi connectivity index (χ3v) is 4.93. The van der Waals surface area contributed by atoms with Gasteiger partial charge in [-0.25, -0.2) is 9.59 Å². The zero-order valence-corrected chi connectivity index (χ0v) is 14.2. The second-order valence-corrected chi connectivity index (χ2v) is 6.75. The van der Waals surface area contributed by atoms with E-state index in [0.29, 0.717) is 32.8 Å². The molecule has 2 aliphatic rings. The largest absolute Gasteiger partial charge is 0.478 e. The molecular weight excluding hydrogens is 324 g/mol. The van der Waals surface area contributed by atoms with Gasteiger partial charge in [0.1, 0.15) is 0 Å². The quantitative estimate of drug-likeness (QED) is 0.868. The fourth-order valence-corrected chi connectivity index (χ4v) is 3.33. The molecule has 2 amide bonds. The third-order valence-electron chi connectivity index (χ3n) is 4.93. The predicted molar refractivity (Wildman–Crippen MR) is 90.5 cm³/mol. The molecule has 0 aliphatic carbocycles. The third kappa shape index (κ3) is 4.49. The minimum Gasteiger partial charge on any atom is -0.478 e. The molecule has 0 bridgehead atoms. The first-order valence-electron chi connectivity index (χ1n) is 8.59. The van der Waals surface area contributed by atoms with E-state index in [-0.39, 0.29) is 17.0 Å². The molecule has 7 nitrogen and oxygen atoms in total. The van der Waals surface area contributed by atoms with Crippen molar-refractivity contribution in [3.8, 4) is 0 Å². The molecule has 25 heavy (non-hydrogen) atoms. The molecule has 1 spiro atoms. The Hall–Kier alpha value is -2.12. The van der Waals surface area contributed by atoms with Crippen LogP contribution in [0.2, 0.25) is 0 Å². The molecule has 0 unspecified atom stereocenters. The standard InChI is InChI=1S/C18H24N2O5/c21-16(22)15-3-1-14(2-4-15)11-19-17(23)20-7-10-25-13-18(12-20)5-8-24-9-6-18/h1-4H,5-13H2,(H,19,23)(H,21,22). The van der Waals surface area contributed by atoms with E-state index >= 15 is 0 Å². The summed E-state index contributed by atoms with van der Waals surface area (Å²) in [4.78, 5) is 25.3. The monoisotopic (exact) mass is 348 g/mol. The highest BCUT2D eigenvalue weighted by Gasteiger charge is 2.37. The van der Waals surface area contributed by atoms with Gasteiger partial charge in [0.15, 0.2) is 0 Å². The van der Waals surface area contributed by atoms with E-state index in [0.717, 1.165) is 31.6 Å². The number of carbonyl (C=O) groups is 2. The maximum absolute atomic E-state index is 12.6. The van der Waals surface area contributed by atoms with Crippen molar-refractivity contribution >= 4 is 12.0 Å². The highest BCUT2D eigenvalue weighted by molar-refractivity contribution is 5.87. The molecule has 0 radical (unpaired) electrons. The van der Waals surface area contributed by atoms with E-state index in [1.807, 2.05) is 4.90 Å². The lowest BCUT2D eigenvalue weighted by Gasteiger charge is -2.38. The summed E-state index contributed by atoms with van der Waals surface area (Å²) >= 11 is 0. The van der Waals surface area contributed by atoms with Crippen LogP contribution in [0.3, 0.4) is 0 Å². The zero-order chi connectivity index (χ0) is 17.7. The minimum absolute atomic E-state index is 0.00474. The molecule has 2 heterocycles. The van der Waals surface area contributed by atoms with Crippen molar-refractivity contribution in [1.29, 1.82) is 0 Å². The van der Waals surface area contributed by atoms with Gasteiger partial charge in [-0.05, 0) is 30.5 Å². The number of ether oxygens (including phenoxy) is 2. The number of hydrogen-bond donors (Lipinski definition) is 2. The summed E-state index contributed by atoms with van der Waals surface area (Å²) in [5.74, 6) is -0.957. The van der Waals surface area contributed by atoms with Crippen molar-refractivity contribution in [2.24, 2.45) is 5.41 Å². The van der Waals surface area contributed by atoms with Crippen LogP contribution < -0.4 is 5.32 Å². The number of rotatable bonds is 3. The van der Waals surface area contributed by atoms with E-state index in [2.05, 4.69) is 5.32 Å². The smallest absolute Gasteiger partial charge is 0.335 e. The lowest BCUT2D eigenvalue weighted by Crippen LogP contribution is -2.47. The van der Waals surface area contributed by atoms with E-state index in [4.69, 9.17) is 14.6 Å². The van der Waals surface area contributed by atoms with E-state index < -0.39 is 5.97 Å². The molecule has 1 aromatic carbocycles. The van der Waals surface area contributed by atoms with Gasteiger partial charge in [-0.1, -0.05) is 12.1 Å². The predicted octanol–water partition coefficient (Wildman–Crippen LogP) is 1.72. The number of aromatic carboxylic acids is 1. The van der Waals surface area contributed by atoms with Crippen LogP contribution in [-0.2, 0) is 16.0 Å². The number of amides is 2. The Labute approximate surface area is 146 Å². The fourth-order valence-electron chi connectivity index (χ4n) is 3.33.